The first-order valence-corrected chi connectivity index (χ1v) is 4.61. The maximum absolute atomic E-state index is 12.6. The van der Waals surface area contributed by atoms with E-state index in [1.54, 1.807) is 0 Å². The average Bonchev–Trinajstić information content (AvgIpc) is 2.58. The third kappa shape index (κ3) is 1.12. The Labute approximate surface area is 75.8 Å². The lowest BCUT2D eigenvalue weighted by Gasteiger charge is -2.30. The van der Waals surface area contributed by atoms with Crippen molar-refractivity contribution in [2.24, 2.45) is 0 Å². The topological polar surface area (TPSA) is 23.5 Å². The van der Waals surface area contributed by atoms with Crippen LogP contribution >= 0.6 is 0 Å². The van der Waals surface area contributed by atoms with E-state index in [0.717, 1.165) is 13.0 Å². The van der Waals surface area contributed by atoms with E-state index >= 15 is 0 Å². The van der Waals surface area contributed by atoms with E-state index in [9.17, 15) is 13.9 Å². The standard InChI is InChI=1S/C9H13F2NO/c10-8(11)7-2-5-12-4-1-3-9(7,12)6-13/h13H,1-6H2/t9-/m1/s1. The SMILES string of the molecule is OC[C@@]12CCCN1CCC2=C(F)F. The van der Waals surface area contributed by atoms with Crippen LogP contribution in [-0.2, 0) is 0 Å². The maximum Gasteiger partial charge on any atom is 0.271 e. The first-order chi connectivity index (χ1) is 6.20. The second-order valence-electron chi connectivity index (χ2n) is 3.77. The Bertz CT molecular complexity index is 250. The zero-order valence-corrected chi connectivity index (χ0v) is 7.39. The molecule has 0 aliphatic carbocycles. The molecule has 0 aromatic carbocycles. The van der Waals surface area contributed by atoms with Crippen LogP contribution in [0.4, 0.5) is 8.78 Å². The van der Waals surface area contributed by atoms with E-state index in [4.69, 9.17) is 0 Å². The average molecular weight is 189 g/mol. The van der Waals surface area contributed by atoms with Gasteiger partial charge in [-0.05, 0) is 25.8 Å². The van der Waals surface area contributed by atoms with Crippen molar-refractivity contribution in [3.8, 4) is 0 Å². The number of fused-ring (bicyclic) bond motifs is 1. The lowest BCUT2D eigenvalue weighted by molar-refractivity contribution is 0.119. The van der Waals surface area contributed by atoms with Crippen molar-refractivity contribution in [3.63, 3.8) is 0 Å². The third-order valence-corrected chi connectivity index (χ3v) is 3.31. The van der Waals surface area contributed by atoms with Crippen LogP contribution in [0.3, 0.4) is 0 Å². The molecule has 2 heterocycles. The van der Waals surface area contributed by atoms with Gasteiger partial charge < -0.3 is 5.11 Å². The number of hydrogen-bond donors (Lipinski definition) is 1. The Balaban J connectivity index is 2.38. The van der Waals surface area contributed by atoms with Crippen LogP contribution in [0.1, 0.15) is 19.3 Å². The highest BCUT2D eigenvalue weighted by Crippen LogP contribution is 2.44. The molecule has 0 saturated carbocycles. The van der Waals surface area contributed by atoms with Crippen molar-refractivity contribution in [3.05, 3.63) is 11.7 Å². The van der Waals surface area contributed by atoms with Crippen molar-refractivity contribution in [1.82, 2.24) is 4.90 Å². The molecule has 0 aromatic heterocycles. The quantitative estimate of drug-likeness (QED) is 0.673. The lowest BCUT2D eigenvalue weighted by Crippen LogP contribution is -2.43. The molecule has 2 fully saturated rings. The monoisotopic (exact) mass is 189 g/mol. The predicted octanol–water partition coefficient (Wildman–Crippen LogP) is 1.37. The van der Waals surface area contributed by atoms with Gasteiger partial charge in [-0.1, -0.05) is 0 Å². The molecule has 2 aliphatic rings. The van der Waals surface area contributed by atoms with Crippen LogP contribution in [0.2, 0.25) is 0 Å². The molecule has 0 bridgehead atoms. The van der Waals surface area contributed by atoms with Gasteiger partial charge in [0.1, 0.15) is 0 Å². The molecule has 2 rings (SSSR count). The zero-order valence-electron chi connectivity index (χ0n) is 7.39. The summed E-state index contributed by atoms with van der Waals surface area (Å²) in [7, 11) is 0. The molecule has 0 aromatic rings. The fourth-order valence-corrected chi connectivity index (χ4v) is 2.63. The molecule has 0 radical (unpaired) electrons. The second-order valence-corrected chi connectivity index (χ2v) is 3.77. The molecular formula is C9H13F2NO. The van der Waals surface area contributed by atoms with Gasteiger partial charge in [-0.2, -0.15) is 8.78 Å². The Kier molecular flexibility index (Phi) is 2.12. The smallest absolute Gasteiger partial charge is 0.271 e. The first kappa shape index (κ1) is 9.09. The number of nitrogens with zero attached hydrogens (tertiary/aromatic N) is 1. The Morgan fingerprint density at radius 2 is 2.23 bits per heavy atom. The summed E-state index contributed by atoms with van der Waals surface area (Å²) in [6.07, 6.45) is 0.426. The number of hydrogen-bond acceptors (Lipinski definition) is 2. The van der Waals surface area contributed by atoms with Crippen LogP contribution in [0.5, 0.6) is 0 Å². The van der Waals surface area contributed by atoms with E-state index in [1.165, 1.54) is 0 Å². The fourth-order valence-electron chi connectivity index (χ4n) is 2.63. The zero-order chi connectivity index (χ0) is 9.47. The van der Waals surface area contributed by atoms with E-state index in [0.29, 0.717) is 19.4 Å². The number of rotatable bonds is 1. The van der Waals surface area contributed by atoms with Gasteiger partial charge >= 0.3 is 0 Å². The van der Waals surface area contributed by atoms with Gasteiger partial charge in [0.15, 0.2) is 0 Å². The molecule has 0 amide bonds. The molecule has 4 heteroatoms. The van der Waals surface area contributed by atoms with Gasteiger partial charge in [-0.25, -0.2) is 0 Å². The largest absolute Gasteiger partial charge is 0.394 e. The van der Waals surface area contributed by atoms with Crippen LogP contribution in [0.25, 0.3) is 0 Å². The summed E-state index contributed by atoms with van der Waals surface area (Å²) in [4.78, 5) is 1.99. The van der Waals surface area contributed by atoms with Crippen molar-refractivity contribution in [2.45, 2.75) is 24.8 Å². The van der Waals surface area contributed by atoms with Crippen LogP contribution in [0, 0.1) is 0 Å². The van der Waals surface area contributed by atoms with Crippen molar-refractivity contribution < 1.29 is 13.9 Å². The van der Waals surface area contributed by atoms with E-state index in [1.807, 2.05) is 4.90 Å². The second kappa shape index (κ2) is 3.03. The summed E-state index contributed by atoms with van der Waals surface area (Å²) >= 11 is 0. The fraction of sp³-hybridized carbons (Fsp3) is 0.778. The summed E-state index contributed by atoms with van der Waals surface area (Å²) in [5.74, 6) is 0. The van der Waals surface area contributed by atoms with Gasteiger partial charge in [0.25, 0.3) is 6.08 Å². The molecule has 1 atom stereocenters. The van der Waals surface area contributed by atoms with Gasteiger partial charge in [0.2, 0.25) is 0 Å². The highest BCUT2D eigenvalue weighted by atomic mass is 19.3. The van der Waals surface area contributed by atoms with Crippen molar-refractivity contribution in [1.29, 1.82) is 0 Å². The van der Waals surface area contributed by atoms with E-state index in [2.05, 4.69) is 0 Å². The van der Waals surface area contributed by atoms with Crippen LogP contribution in [-0.4, -0.2) is 35.2 Å². The number of aliphatic hydroxyl groups excluding tert-OH is 1. The number of aliphatic hydroxyl groups is 1. The molecule has 74 valence electrons. The lowest BCUT2D eigenvalue weighted by atomic mass is 9.90. The van der Waals surface area contributed by atoms with E-state index < -0.39 is 11.6 Å². The summed E-state index contributed by atoms with van der Waals surface area (Å²) in [6.45, 7) is 1.35. The number of halogens is 2. The molecular weight excluding hydrogens is 176 g/mol. The van der Waals surface area contributed by atoms with Crippen LogP contribution in [0.15, 0.2) is 11.7 Å². The molecule has 13 heavy (non-hydrogen) atoms. The molecule has 2 aliphatic heterocycles. The molecule has 0 unspecified atom stereocenters. The molecule has 2 saturated heterocycles. The normalized spacial score (nSPS) is 33.9. The first-order valence-electron chi connectivity index (χ1n) is 4.61. The third-order valence-electron chi connectivity index (χ3n) is 3.31. The van der Waals surface area contributed by atoms with Gasteiger partial charge in [0.05, 0.1) is 12.1 Å². The van der Waals surface area contributed by atoms with E-state index in [-0.39, 0.29) is 12.2 Å². The summed E-state index contributed by atoms with van der Waals surface area (Å²) < 4.78 is 25.1. The summed E-state index contributed by atoms with van der Waals surface area (Å²) in [5, 5.41) is 9.24. The highest BCUT2D eigenvalue weighted by molar-refractivity contribution is 5.28. The summed E-state index contributed by atoms with van der Waals surface area (Å²) in [6, 6.07) is 0. The Morgan fingerprint density at radius 1 is 1.46 bits per heavy atom. The van der Waals surface area contributed by atoms with Crippen molar-refractivity contribution >= 4 is 0 Å². The van der Waals surface area contributed by atoms with Gasteiger partial charge in [0, 0.05) is 12.1 Å². The van der Waals surface area contributed by atoms with Gasteiger partial charge in [-0.3, -0.25) is 4.90 Å². The van der Waals surface area contributed by atoms with Gasteiger partial charge in [-0.15, -0.1) is 0 Å². The minimum atomic E-state index is -1.58. The Morgan fingerprint density at radius 3 is 2.85 bits per heavy atom. The molecule has 1 N–H and O–H groups in total. The minimum Gasteiger partial charge on any atom is -0.394 e. The van der Waals surface area contributed by atoms with Crippen molar-refractivity contribution in [2.75, 3.05) is 19.7 Å². The van der Waals surface area contributed by atoms with Crippen LogP contribution < -0.4 is 0 Å². The molecule has 2 nitrogen and oxygen atoms in total. The molecule has 0 spiro atoms. The maximum atomic E-state index is 12.6. The predicted molar refractivity (Wildman–Crippen MR) is 44.5 cm³/mol. The Hall–Kier alpha value is -0.480. The highest BCUT2D eigenvalue weighted by Gasteiger charge is 2.49. The minimum absolute atomic E-state index is 0.167. The summed E-state index contributed by atoms with van der Waals surface area (Å²) in [5.41, 5.74) is -0.522.